The van der Waals surface area contributed by atoms with Gasteiger partial charge < -0.3 is 19.8 Å². The lowest BCUT2D eigenvalue weighted by atomic mass is 10.2. The first-order valence-corrected chi connectivity index (χ1v) is 7.24. The second kappa shape index (κ2) is 8.19. The largest absolute Gasteiger partial charge is 0.467 e. The Labute approximate surface area is 129 Å². The molecule has 2 amide bonds. The van der Waals surface area contributed by atoms with Crippen LogP contribution in [0.1, 0.15) is 25.6 Å². The first-order valence-electron chi connectivity index (χ1n) is 7.24. The summed E-state index contributed by atoms with van der Waals surface area (Å²) in [4.78, 5) is 16.0. The highest BCUT2D eigenvalue weighted by molar-refractivity contribution is 5.89. The van der Waals surface area contributed by atoms with Gasteiger partial charge in [-0.25, -0.2) is 4.79 Å². The Hall–Kier alpha value is -2.34. The third-order valence-electron chi connectivity index (χ3n) is 2.87. The number of amides is 2. The molecule has 118 valence electrons. The molecule has 2 heterocycles. The molecular weight excluding hydrogens is 282 g/mol. The Morgan fingerprint density at radius 1 is 1.27 bits per heavy atom. The van der Waals surface area contributed by atoms with Gasteiger partial charge in [-0.2, -0.15) is 0 Å². The van der Waals surface area contributed by atoms with Crippen LogP contribution in [0, 0.1) is 5.92 Å². The predicted octanol–water partition coefficient (Wildman–Crippen LogP) is 3.21. The molecule has 0 unspecified atom stereocenters. The SMILES string of the molecule is CC(C)COC[C@H](NC(=O)Nc1ccncc1)c1ccco1. The number of aromatic nitrogens is 1. The Morgan fingerprint density at radius 2 is 2.05 bits per heavy atom. The Bertz CT molecular complexity index is 555. The highest BCUT2D eigenvalue weighted by atomic mass is 16.5. The van der Waals surface area contributed by atoms with Crippen LogP contribution in [0.15, 0.2) is 47.3 Å². The summed E-state index contributed by atoms with van der Waals surface area (Å²) in [6.45, 7) is 5.14. The molecule has 1 atom stereocenters. The number of pyridine rings is 1. The summed E-state index contributed by atoms with van der Waals surface area (Å²) >= 11 is 0. The van der Waals surface area contributed by atoms with Crippen molar-refractivity contribution < 1.29 is 13.9 Å². The van der Waals surface area contributed by atoms with Gasteiger partial charge in [-0.05, 0) is 30.2 Å². The van der Waals surface area contributed by atoms with Gasteiger partial charge in [0.05, 0.1) is 12.9 Å². The fourth-order valence-corrected chi connectivity index (χ4v) is 1.87. The maximum Gasteiger partial charge on any atom is 0.319 e. The van der Waals surface area contributed by atoms with E-state index in [0.29, 0.717) is 30.6 Å². The maximum atomic E-state index is 12.1. The van der Waals surface area contributed by atoms with E-state index in [1.807, 2.05) is 6.07 Å². The molecular formula is C16H21N3O3. The molecule has 0 aliphatic rings. The summed E-state index contributed by atoms with van der Waals surface area (Å²) in [6.07, 6.45) is 4.81. The predicted molar refractivity (Wildman–Crippen MR) is 83.5 cm³/mol. The summed E-state index contributed by atoms with van der Waals surface area (Å²) in [6, 6.07) is 6.38. The Morgan fingerprint density at radius 3 is 2.68 bits per heavy atom. The van der Waals surface area contributed by atoms with Crippen molar-refractivity contribution in [1.82, 2.24) is 10.3 Å². The summed E-state index contributed by atoms with van der Waals surface area (Å²) in [7, 11) is 0. The molecule has 0 saturated carbocycles. The van der Waals surface area contributed by atoms with Crippen LogP contribution in [-0.2, 0) is 4.74 Å². The highest BCUT2D eigenvalue weighted by Gasteiger charge is 2.17. The van der Waals surface area contributed by atoms with Crippen molar-refractivity contribution in [2.75, 3.05) is 18.5 Å². The second-order valence-electron chi connectivity index (χ2n) is 5.33. The number of furan rings is 1. The van der Waals surface area contributed by atoms with Gasteiger partial charge in [0.25, 0.3) is 0 Å². The van der Waals surface area contributed by atoms with Gasteiger partial charge in [0, 0.05) is 24.7 Å². The smallest absolute Gasteiger partial charge is 0.319 e. The summed E-state index contributed by atoms with van der Waals surface area (Å²) < 4.78 is 11.0. The van der Waals surface area contributed by atoms with Crippen LogP contribution in [-0.4, -0.2) is 24.2 Å². The van der Waals surface area contributed by atoms with Gasteiger partial charge in [0.1, 0.15) is 11.8 Å². The molecule has 0 bridgehead atoms. The molecule has 6 nitrogen and oxygen atoms in total. The average molecular weight is 303 g/mol. The van der Waals surface area contributed by atoms with Crippen molar-refractivity contribution >= 4 is 11.7 Å². The summed E-state index contributed by atoms with van der Waals surface area (Å²) in [5, 5.41) is 5.60. The quantitative estimate of drug-likeness (QED) is 0.823. The van der Waals surface area contributed by atoms with E-state index in [-0.39, 0.29) is 12.1 Å². The number of ether oxygens (including phenoxy) is 1. The zero-order chi connectivity index (χ0) is 15.8. The lowest BCUT2D eigenvalue weighted by molar-refractivity contribution is 0.0874. The van der Waals surface area contributed by atoms with Crippen LogP contribution in [0.2, 0.25) is 0 Å². The zero-order valence-electron chi connectivity index (χ0n) is 12.8. The number of nitrogens with one attached hydrogen (secondary N) is 2. The van der Waals surface area contributed by atoms with E-state index < -0.39 is 0 Å². The Balaban J connectivity index is 1.92. The average Bonchev–Trinajstić information content (AvgIpc) is 3.01. The molecule has 0 spiro atoms. The van der Waals surface area contributed by atoms with Gasteiger partial charge in [0.15, 0.2) is 0 Å². The normalized spacial score (nSPS) is 12.1. The van der Waals surface area contributed by atoms with E-state index in [2.05, 4.69) is 29.5 Å². The van der Waals surface area contributed by atoms with E-state index in [1.165, 1.54) is 0 Å². The maximum absolute atomic E-state index is 12.1. The molecule has 22 heavy (non-hydrogen) atoms. The van der Waals surface area contributed by atoms with Crippen LogP contribution in [0.25, 0.3) is 0 Å². The fourth-order valence-electron chi connectivity index (χ4n) is 1.87. The Kier molecular flexibility index (Phi) is 5.97. The minimum Gasteiger partial charge on any atom is -0.467 e. The van der Waals surface area contributed by atoms with Gasteiger partial charge in [0.2, 0.25) is 0 Å². The van der Waals surface area contributed by atoms with Gasteiger partial charge >= 0.3 is 6.03 Å². The number of carbonyl (C=O) groups is 1. The van der Waals surface area contributed by atoms with E-state index in [9.17, 15) is 4.79 Å². The van der Waals surface area contributed by atoms with E-state index in [0.717, 1.165) is 0 Å². The molecule has 0 radical (unpaired) electrons. The molecule has 2 aromatic heterocycles. The monoisotopic (exact) mass is 303 g/mol. The van der Waals surface area contributed by atoms with E-state index >= 15 is 0 Å². The minimum atomic E-state index is -0.337. The molecule has 6 heteroatoms. The second-order valence-corrected chi connectivity index (χ2v) is 5.33. The van der Waals surface area contributed by atoms with Crippen molar-refractivity contribution in [3.8, 4) is 0 Å². The fraction of sp³-hybridized carbons (Fsp3) is 0.375. The number of urea groups is 1. The number of nitrogens with zero attached hydrogens (tertiary/aromatic N) is 1. The molecule has 0 aliphatic heterocycles. The van der Waals surface area contributed by atoms with Crippen molar-refractivity contribution in [3.63, 3.8) is 0 Å². The van der Waals surface area contributed by atoms with Crippen molar-refractivity contribution in [1.29, 1.82) is 0 Å². The van der Waals surface area contributed by atoms with Gasteiger partial charge in [-0.15, -0.1) is 0 Å². The minimum absolute atomic E-state index is 0.319. The number of hydrogen-bond donors (Lipinski definition) is 2. The first-order chi connectivity index (χ1) is 10.6. The number of carbonyl (C=O) groups excluding carboxylic acids is 1. The molecule has 0 aliphatic carbocycles. The van der Waals surface area contributed by atoms with Crippen LogP contribution in [0.4, 0.5) is 10.5 Å². The van der Waals surface area contributed by atoms with Crippen molar-refractivity contribution in [2.24, 2.45) is 5.92 Å². The molecule has 0 aromatic carbocycles. The topological polar surface area (TPSA) is 76.4 Å². The standard InChI is InChI=1S/C16H21N3O3/c1-12(2)10-21-11-14(15-4-3-9-22-15)19-16(20)18-13-5-7-17-8-6-13/h3-9,12,14H,10-11H2,1-2H3,(H2,17,18,19,20)/t14-/m0/s1. The zero-order valence-corrected chi connectivity index (χ0v) is 12.8. The van der Waals surface area contributed by atoms with Crippen LogP contribution >= 0.6 is 0 Å². The number of hydrogen-bond acceptors (Lipinski definition) is 4. The number of rotatable bonds is 7. The van der Waals surface area contributed by atoms with E-state index in [1.54, 1.807) is 36.9 Å². The van der Waals surface area contributed by atoms with Crippen LogP contribution in [0.3, 0.4) is 0 Å². The first kappa shape index (κ1) is 16.0. The van der Waals surface area contributed by atoms with Crippen LogP contribution < -0.4 is 10.6 Å². The highest BCUT2D eigenvalue weighted by Crippen LogP contribution is 2.15. The third kappa shape index (κ3) is 5.21. The van der Waals surface area contributed by atoms with Gasteiger partial charge in [-0.1, -0.05) is 13.8 Å². The third-order valence-corrected chi connectivity index (χ3v) is 2.87. The number of anilines is 1. The van der Waals surface area contributed by atoms with Crippen LogP contribution in [0.5, 0.6) is 0 Å². The van der Waals surface area contributed by atoms with Crippen molar-refractivity contribution in [2.45, 2.75) is 19.9 Å². The van der Waals surface area contributed by atoms with E-state index in [4.69, 9.17) is 9.15 Å². The molecule has 2 rings (SSSR count). The summed E-state index contributed by atoms with van der Waals surface area (Å²) in [5.74, 6) is 1.09. The van der Waals surface area contributed by atoms with Crippen molar-refractivity contribution in [3.05, 3.63) is 48.7 Å². The molecule has 2 aromatic rings. The lowest BCUT2D eigenvalue weighted by Crippen LogP contribution is -2.35. The van der Waals surface area contributed by atoms with Gasteiger partial charge in [-0.3, -0.25) is 4.98 Å². The molecule has 0 fully saturated rings. The lowest BCUT2D eigenvalue weighted by Gasteiger charge is -2.18. The molecule has 0 saturated heterocycles. The molecule has 2 N–H and O–H groups in total. The summed E-state index contributed by atoms with van der Waals surface area (Å²) in [5.41, 5.74) is 0.675.